The molecule has 0 radical (unpaired) electrons. The fourth-order valence-electron chi connectivity index (χ4n) is 3.01. The summed E-state index contributed by atoms with van der Waals surface area (Å²) in [4.78, 5) is 12.1. The van der Waals surface area contributed by atoms with Crippen LogP contribution in [0, 0.1) is 5.41 Å². The third kappa shape index (κ3) is 1.48. The molecule has 18 heavy (non-hydrogen) atoms. The zero-order chi connectivity index (χ0) is 12.8. The summed E-state index contributed by atoms with van der Waals surface area (Å²) in [6.07, 6.45) is 1.80. The molecule has 2 fully saturated rings. The van der Waals surface area contributed by atoms with Crippen molar-refractivity contribution in [3.63, 3.8) is 0 Å². The lowest BCUT2D eigenvalue weighted by Crippen LogP contribution is -2.56. The summed E-state index contributed by atoms with van der Waals surface area (Å²) in [5.74, 6) is -0.0919. The number of hydrogen-bond acceptors (Lipinski definition) is 3. The molecule has 0 aromatic heterocycles. The van der Waals surface area contributed by atoms with Crippen molar-refractivity contribution in [2.45, 2.75) is 18.3 Å². The molecule has 1 heterocycles. The SMILES string of the molecule is COC(=O)C1(C2(c3cccc(Br)c3)COC2)CC1. The molecular formula is C14H15BrO3. The summed E-state index contributed by atoms with van der Waals surface area (Å²) in [5.41, 5.74) is 0.621. The topological polar surface area (TPSA) is 35.5 Å². The van der Waals surface area contributed by atoms with Crippen molar-refractivity contribution in [1.29, 1.82) is 0 Å². The molecule has 0 unspecified atom stereocenters. The number of halogens is 1. The Morgan fingerprint density at radius 3 is 2.56 bits per heavy atom. The van der Waals surface area contributed by atoms with E-state index in [1.807, 2.05) is 12.1 Å². The minimum atomic E-state index is -0.360. The number of esters is 1. The Bertz CT molecular complexity index is 490. The van der Waals surface area contributed by atoms with Crippen LogP contribution >= 0.6 is 15.9 Å². The Morgan fingerprint density at radius 1 is 1.39 bits per heavy atom. The van der Waals surface area contributed by atoms with Crippen molar-refractivity contribution in [2.75, 3.05) is 20.3 Å². The van der Waals surface area contributed by atoms with Gasteiger partial charge in [0.2, 0.25) is 0 Å². The fourth-order valence-corrected chi connectivity index (χ4v) is 3.41. The van der Waals surface area contributed by atoms with Crippen LogP contribution in [-0.2, 0) is 19.7 Å². The second-order valence-electron chi connectivity index (χ2n) is 5.16. The smallest absolute Gasteiger partial charge is 0.312 e. The van der Waals surface area contributed by atoms with Gasteiger partial charge in [0, 0.05) is 4.47 Å². The number of carbonyl (C=O) groups is 1. The summed E-state index contributed by atoms with van der Waals surface area (Å²) < 4.78 is 11.5. The van der Waals surface area contributed by atoms with Gasteiger partial charge in [0.15, 0.2) is 0 Å². The van der Waals surface area contributed by atoms with Crippen LogP contribution in [0.25, 0.3) is 0 Å². The van der Waals surface area contributed by atoms with Gasteiger partial charge in [-0.25, -0.2) is 0 Å². The van der Waals surface area contributed by atoms with Gasteiger partial charge in [-0.2, -0.15) is 0 Å². The highest BCUT2D eigenvalue weighted by Gasteiger charge is 2.68. The lowest BCUT2D eigenvalue weighted by atomic mass is 9.66. The molecule has 96 valence electrons. The van der Waals surface area contributed by atoms with E-state index in [4.69, 9.17) is 9.47 Å². The molecule has 0 spiro atoms. The van der Waals surface area contributed by atoms with Gasteiger partial charge in [0.25, 0.3) is 0 Å². The van der Waals surface area contributed by atoms with Gasteiger partial charge in [-0.05, 0) is 30.5 Å². The normalized spacial score (nSPS) is 23.0. The predicted molar refractivity (Wildman–Crippen MR) is 70.3 cm³/mol. The van der Waals surface area contributed by atoms with Crippen molar-refractivity contribution < 1.29 is 14.3 Å². The molecule has 0 N–H and O–H groups in total. The molecule has 1 aromatic rings. The van der Waals surface area contributed by atoms with E-state index >= 15 is 0 Å². The number of hydrogen-bond donors (Lipinski definition) is 0. The maximum atomic E-state index is 12.1. The molecule has 4 heteroatoms. The summed E-state index contributed by atoms with van der Waals surface area (Å²) in [6.45, 7) is 1.22. The Kier molecular flexibility index (Phi) is 2.75. The first-order valence-electron chi connectivity index (χ1n) is 6.07. The molecule has 0 bridgehead atoms. The van der Waals surface area contributed by atoms with E-state index in [2.05, 4.69) is 28.1 Å². The van der Waals surface area contributed by atoms with E-state index in [1.54, 1.807) is 0 Å². The van der Waals surface area contributed by atoms with Crippen LogP contribution in [0.15, 0.2) is 28.7 Å². The van der Waals surface area contributed by atoms with Crippen LogP contribution in [-0.4, -0.2) is 26.3 Å². The molecule has 3 rings (SSSR count). The first-order chi connectivity index (χ1) is 8.64. The van der Waals surface area contributed by atoms with Crippen LogP contribution in [0.4, 0.5) is 0 Å². The standard InChI is InChI=1S/C14H15BrO3/c1-17-12(16)13(5-6-13)14(8-18-9-14)10-3-2-4-11(15)7-10/h2-4,7H,5-6,8-9H2,1H3. The van der Waals surface area contributed by atoms with Gasteiger partial charge < -0.3 is 9.47 Å². The fraction of sp³-hybridized carbons (Fsp3) is 0.500. The van der Waals surface area contributed by atoms with E-state index in [0.29, 0.717) is 13.2 Å². The van der Waals surface area contributed by atoms with E-state index < -0.39 is 0 Å². The molecule has 1 saturated carbocycles. The van der Waals surface area contributed by atoms with Crippen LogP contribution in [0.3, 0.4) is 0 Å². The van der Waals surface area contributed by atoms with E-state index in [-0.39, 0.29) is 16.8 Å². The molecular weight excluding hydrogens is 296 g/mol. The van der Waals surface area contributed by atoms with Gasteiger partial charge in [0.05, 0.1) is 31.2 Å². The lowest BCUT2D eigenvalue weighted by molar-refractivity contribution is -0.164. The van der Waals surface area contributed by atoms with E-state index in [0.717, 1.165) is 17.3 Å². The van der Waals surface area contributed by atoms with Crippen LogP contribution in [0.5, 0.6) is 0 Å². The van der Waals surface area contributed by atoms with Crippen LogP contribution < -0.4 is 0 Å². The molecule has 1 aliphatic heterocycles. The zero-order valence-corrected chi connectivity index (χ0v) is 11.8. The Hall–Kier alpha value is -0.870. The highest BCUT2D eigenvalue weighted by molar-refractivity contribution is 9.10. The third-order valence-corrected chi connectivity index (χ3v) is 4.81. The lowest BCUT2D eigenvalue weighted by Gasteiger charge is -2.47. The summed E-state index contributed by atoms with van der Waals surface area (Å²) in [5, 5.41) is 0. The first-order valence-corrected chi connectivity index (χ1v) is 6.86. The van der Waals surface area contributed by atoms with Crippen molar-refractivity contribution in [2.24, 2.45) is 5.41 Å². The highest BCUT2D eigenvalue weighted by Crippen LogP contribution is 2.63. The number of benzene rings is 1. The van der Waals surface area contributed by atoms with Crippen molar-refractivity contribution in [3.8, 4) is 0 Å². The zero-order valence-electron chi connectivity index (χ0n) is 10.2. The summed E-state index contributed by atoms with van der Waals surface area (Å²) in [6, 6.07) is 8.17. The minimum Gasteiger partial charge on any atom is -0.469 e. The average molecular weight is 311 g/mol. The van der Waals surface area contributed by atoms with E-state index in [1.165, 1.54) is 12.7 Å². The molecule has 0 atom stereocenters. The third-order valence-electron chi connectivity index (χ3n) is 4.32. The van der Waals surface area contributed by atoms with Crippen molar-refractivity contribution >= 4 is 21.9 Å². The number of ether oxygens (including phenoxy) is 2. The van der Waals surface area contributed by atoms with Crippen LogP contribution in [0.1, 0.15) is 18.4 Å². The second-order valence-corrected chi connectivity index (χ2v) is 6.07. The molecule has 0 amide bonds. The summed E-state index contributed by atoms with van der Waals surface area (Å²) in [7, 11) is 1.47. The highest BCUT2D eigenvalue weighted by atomic mass is 79.9. The molecule has 2 aliphatic rings. The number of methoxy groups -OCH3 is 1. The number of rotatable bonds is 3. The van der Waals surface area contributed by atoms with Crippen LogP contribution in [0.2, 0.25) is 0 Å². The van der Waals surface area contributed by atoms with Gasteiger partial charge in [-0.1, -0.05) is 28.1 Å². The molecule has 3 nitrogen and oxygen atoms in total. The van der Waals surface area contributed by atoms with Gasteiger partial charge in [0.1, 0.15) is 0 Å². The van der Waals surface area contributed by atoms with Crippen molar-refractivity contribution in [1.82, 2.24) is 0 Å². The Balaban J connectivity index is 2.03. The predicted octanol–water partition coefficient (Wildman–Crippen LogP) is 2.67. The Morgan fingerprint density at radius 2 is 2.11 bits per heavy atom. The minimum absolute atomic E-state index is 0.0919. The van der Waals surface area contributed by atoms with Gasteiger partial charge >= 0.3 is 5.97 Å². The first kappa shape index (κ1) is 12.2. The molecule has 1 aliphatic carbocycles. The van der Waals surface area contributed by atoms with Crippen molar-refractivity contribution in [3.05, 3.63) is 34.3 Å². The Labute approximate surface area is 115 Å². The second kappa shape index (κ2) is 4.07. The maximum Gasteiger partial charge on any atom is 0.312 e. The average Bonchev–Trinajstić information content (AvgIpc) is 3.08. The molecule has 1 saturated heterocycles. The van der Waals surface area contributed by atoms with E-state index in [9.17, 15) is 4.79 Å². The van der Waals surface area contributed by atoms with Gasteiger partial charge in [-0.15, -0.1) is 0 Å². The molecule has 1 aromatic carbocycles. The summed E-state index contributed by atoms with van der Waals surface area (Å²) >= 11 is 3.49. The monoisotopic (exact) mass is 310 g/mol. The largest absolute Gasteiger partial charge is 0.469 e. The van der Waals surface area contributed by atoms with Gasteiger partial charge in [-0.3, -0.25) is 4.79 Å². The number of carbonyl (C=O) groups excluding carboxylic acids is 1. The maximum absolute atomic E-state index is 12.1. The quantitative estimate of drug-likeness (QED) is 0.805.